The summed E-state index contributed by atoms with van der Waals surface area (Å²) < 4.78 is 0. The Labute approximate surface area is 117 Å². The van der Waals surface area contributed by atoms with E-state index in [4.69, 9.17) is 0 Å². The van der Waals surface area contributed by atoms with E-state index >= 15 is 0 Å². The molecule has 2 heteroatoms. The van der Waals surface area contributed by atoms with Gasteiger partial charge < -0.3 is 0 Å². The summed E-state index contributed by atoms with van der Waals surface area (Å²) in [6, 6.07) is 16.5. The van der Waals surface area contributed by atoms with Gasteiger partial charge in [0.15, 0.2) is 9.55 Å². The number of halogens is 1. The first kappa shape index (κ1) is 14.5. The third kappa shape index (κ3) is 3.22. The van der Waals surface area contributed by atoms with E-state index < -0.39 is 0 Å². The molecule has 0 saturated carbocycles. The van der Waals surface area contributed by atoms with Crippen molar-refractivity contribution in [3.8, 4) is 11.1 Å². The molecule has 18 heavy (non-hydrogen) atoms. The van der Waals surface area contributed by atoms with Gasteiger partial charge in [0.25, 0.3) is 0 Å². The van der Waals surface area contributed by atoms with Gasteiger partial charge in [-0.1, -0.05) is 73.8 Å². The van der Waals surface area contributed by atoms with Gasteiger partial charge in [-0.25, -0.2) is 0 Å². The lowest BCUT2D eigenvalue weighted by Gasteiger charge is -2.09. The zero-order valence-corrected chi connectivity index (χ0v) is 11.8. The topological polar surface area (TPSA) is 0 Å². The molecule has 0 fully saturated rings. The van der Waals surface area contributed by atoms with Crippen LogP contribution < -0.4 is 0 Å². The second-order valence-electron chi connectivity index (χ2n) is 3.58. The Morgan fingerprint density at radius 2 is 1.50 bits per heavy atom. The van der Waals surface area contributed by atoms with E-state index in [9.17, 15) is 0 Å². The van der Waals surface area contributed by atoms with Gasteiger partial charge in [-0.05, 0) is 22.3 Å². The van der Waals surface area contributed by atoms with Crippen LogP contribution in [-0.2, 0) is 0 Å². The number of hydrogen-bond donors (Lipinski definition) is 0. The molecule has 89 valence electrons. The monoisotopic (exact) mass is 269 g/mol. The van der Waals surface area contributed by atoms with Gasteiger partial charge in [0.1, 0.15) is 0 Å². The van der Waals surface area contributed by atoms with Gasteiger partial charge in [-0.15, -0.1) is 0 Å². The first-order valence-corrected chi connectivity index (χ1v) is 7.00. The van der Waals surface area contributed by atoms with E-state index in [1.54, 1.807) is 0 Å². The summed E-state index contributed by atoms with van der Waals surface area (Å²) in [7, 11) is 2.44. The largest absolute Gasteiger partial charge is 0.174 e. The highest BCUT2D eigenvalue weighted by molar-refractivity contribution is 6.80. The number of benzene rings is 2. The lowest BCUT2D eigenvalue weighted by atomic mass is 9.95. The van der Waals surface area contributed by atoms with Crippen molar-refractivity contribution in [3.63, 3.8) is 0 Å². The zero-order valence-electron chi connectivity index (χ0n) is 10.1. The van der Waals surface area contributed by atoms with Gasteiger partial charge in [0, 0.05) is 0 Å². The van der Waals surface area contributed by atoms with Gasteiger partial charge in [0.05, 0.1) is 0 Å². The average Bonchev–Trinajstić information content (AvgIpc) is 2.49. The summed E-state index contributed by atoms with van der Waals surface area (Å²) in [5.41, 5.74) is 4.68. The number of rotatable bonds is 3. The quantitative estimate of drug-likeness (QED) is 0.546. The molecule has 2 rings (SSSR count). The number of hydrogen-bond acceptors (Lipinski definition) is 0. The van der Waals surface area contributed by atoms with Gasteiger partial charge in [-0.2, -0.15) is 11.1 Å². The van der Waals surface area contributed by atoms with Crippen LogP contribution in [0.1, 0.15) is 11.1 Å². The second kappa shape index (κ2) is 7.70. The van der Waals surface area contributed by atoms with Crippen molar-refractivity contribution < 1.29 is 0 Å². The van der Waals surface area contributed by atoms with Crippen LogP contribution in [0, 0.1) is 0 Å². The van der Waals surface area contributed by atoms with E-state index in [0.29, 0.717) is 0 Å². The van der Waals surface area contributed by atoms with Crippen LogP contribution in [-0.4, -0.2) is 9.55 Å². The van der Waals surface area contributed by atoms with Crippen LogP contribution in [0.15, 0.2) is 61.7 Å². The Morgan fingerprint density at radius 3 is 2.06 bits per heavy atom. The van der Waals surface area contributed by atoms with Gasteiger partial charge in [-0.3, -0.25) is 0 Å². The zero-order chi connectivity index (χ0) is 13.4. The minimum absolute atomic E-state index is 1.12. The van der Waals surface area contributed by atoms with E-state index in [0.717, 1.165) is 11.1 Å². The van der Waals surface area contributed by atoms with Gasteiger partial charge in [0.2, 0.25) is 0 Å². The Morgan fingerprint density at radius 1 is 0.833 bits per heavy atom. The molecule has 0 amide bonds. The maximum atomic E-state index is 4.44. The molecule has 0 aliphatic carbocycles. The Kier molecular flexibility index (Phi) is 6.19. The molecule has 0 spiro atoms. The smallest absolute Gasteiger partial charge is 0.174 e. The highest BCUT2D eigenvalue weighted by Crippen LogP contribution is 2.27. The molecule has 3 radical (unpaired) electrons. The second-order valence-corrected chi connectivity index (χ2v) is 3.58. The molecule has 0 aliphatic rings. The molecular weight excluding hydrogens is 256 g/mol. The Balaban J connectivity index is 0.000000771. The minimum atomic E-state index is 1.12. The highest BCUT2D eigenvalue weighted by atomic mass is 35.6. The Hall–Kier alpha value is -1.57. The summed E-state index contributed by atoms with van der Waals surface area (Å²) in [5, 5.41) is 0. The lowest BCUT2D eigenvalue weighted by Crippen LogP contribution is -1.86. The fraction of sp³-hybridized carbons (Fsp3) is 0. The van der Waals surface area contributed by atoms with Crippen molar-refractivity contribution in [2.45, 2.75) is 0 Å². The van der Waals surface area contributed by atoms with Crippen LogP contribution in [0.5, 0.6) is 0 Å². The van der Waals surface area contributed by atoms with Crippen LogP contribution in [0.4, 0.5) is 0 Å². The predicted molar refractivity (Wildman–Crippen MR) is 83.7 cm³/mol. The molecule has 0 bridgehead atoms. The lowest BCUT2D eigenvalue weighted by molar-refractivity contribution is 1.57. The van der Waals surface area contributed by atoms with Crippen molar-refractivity contribution in [1.82, 2.24) is 0 Å². The van der Waals surface area contributed by atoms with E-state index in [2.05, 4.69) is 58.1 Å². The van der Waals surface area contributed by atoms with Crippen LogP contribution in [0.3, 0.4) is 0 Å². The standard InChI is InChI=1S/C16H14.ClSi/c1-3-13-11-8-12-16(15(13)4-2)14-9-6-5-7-10-14;1-2/h3-12H,1-2H2;. The summed E-state index contributed by atoms with van der Waals surface area (Å²) in [6.45, 7) is 7.70. The summed E-state index contributed by atoms with van der Waals surface area (Å²) in [6.07, 6.45) is 3.75. The fourth-order valence-corrected chi connectivity index (χ4v) is 1.86. The highest BCUT2D eigenvalue weighted by Gasteiger charge is 2.04. The Bertz CT molecular complexity index is 518. The molecule has 0 heterocycles. The normalized spacial score (nSPS) is 9.00. The predicted octanol–water partition coefficient (Wildman–Crippen LogP) is 4.95. The van der Waals surface area contributed by atoms with Crippen molar-refractivity contribution in [2.75, 3.05) is 0 Å². The maximum absolute atomic E-state index is 4.44. The van der Waals surface area contributed by atoms with Crippen molar-refractivity contribution in [1.29, 1.82) is 0 Å². The first-order valence-electron chi connectivity index (χ1n) is 5.49. The van der Waals surface area contributed by atoms with Crippen LogP contribution >= 0.6 is 11.1 Å². The molecule has 0 atom stereocenters. The molecule has 0 nitrogen and oxygen atoms in total. The molecule has 0 aliphatic heterocycles. The molecule has 0 aromatic heterocycles. The molecule has 2 aromatic rings. The summed E-state index contributed by atoms with van der Waals surface area (Å²) >= 11 is 4.44. The van der Waals surface area contributed by atoms with E-state index in [-0.39, 0.29) is 0 Å². The fourth-order valence-electron chi connectivity index (χ4n) is 1.86. The molecule has 0 unspecified atom stereocenters. The molecular formula is C16H14ClSi. The first-order chi connectivity index (χ1) is 8.86. The van der Waals surface area contributed by atoms with Crippen molar-refractivity contribution in [3.05, 3.63) is 72.8 Å². The third-order valence-electron chi connectivity index (χ3n) is 2.65. The maximum Gasteiger partial charge on any atom is 0.174 e. The van der Waals surface area contributed by atoms with Crippen molar-refractivity contribution >= 4 is 32.8 Å². The third-order valence-corrected chi connectivity index (χ3v) is 2.65. The SMILES string of the molecule is C=Cc1cccc(-c2ccccc2)c1C=C.[Si]Cl. The van der Waals surface area contributed by atoms with E-state index in [1.807, 2.05) is 36.4 Å². The molecule has 0 saturated heterocycles. The van der Waals surface area contributed by atoms with Crippen LogP contribution in [0.25, 0.3) is 23.3 Å². The van der Waals surface area contributed by atoms with Crippen LogP contribution in [0.2, 0.25) is 0 Å². The van der Waals surface area contributed by atoms with Gasteiger partial charge >= 0.3 is 0 Å². The summed E-state index contributed by atoms with van der Waals surface area (Å²) in [5.74, 6) is 0. The van der Waals surface area contributed by atoms with E-state index in [1.165, 1.54) is 11.1 Å². The van der Waals surface area contributed by atoms with Crippen molar-refractivity contribution in [2.24, 2.45) is 0 Å². The average molecular weight is 270 g/mol. The molecule has 2 aromatic carbocycles. The summed E-state index contributed by atoms with van der Waals surface area (Å²) in [4.78, 5) is 0. The minimum Gasteiger partial charge on any atom is -0.174 e. The molecule has 0 N–H and O–H groups in total.